The van der Waals surface area contributed by atoms with Crippen LogP contribution in [-0.2, 0) is 4.74 Å². The van der Waals surface area contributed by atoms with E-state index in [0.717, 1.165) is 22.9 Å². The van der Waals surface area contributed by atoms with Gasteiger partial charge in [-0.25, -0.2) is 4.98 Å². The number of quaternary nitrogens is 1. The van der Waals surface area contributed by atoms with E-state index in [4.69, 9.17) is 4.74 Å². The van der Waals surface area contributed by atoms with Crippen molar-refractivity contribution in [3.63, 3.8) is 0 Å². The highest BCUT2D eigenvalue weighted by molar-refractivity contribution is 7.17. The lowest BCUT2D eigenvalue weighted by atomic mass is 10.1. The number of ether oxygens (including phenoxy) is 1. The van der Waals surface area contributed by atoms with Gasteiger partial charge in [-0.1, -0.05) is 17.4 Å². The average Bonchev–Trinajstić information content (AvgIpc) is 3.20. The third-order valence-corrected chi connectivity index (χ3v) is 6.24. The van der Waals surface area contributed by atoms with Gasteiger partial charge in [-0.3, -0.25) is 0 Å². The number of thiophene rings is 1. The Bertz CT molecular complexity index is 788. The van der Waals surface area contributed by atoms with Gasteiger partial charge in [-0.2, -0.15) is 9.61 Å². The summed E-state index contributed by atoms with van der Waals surface area (Å²) in [6, 6.07) is 4.30. The molecule has 2 N–H and O–H groups in total. The predicted molar refractivity (Wildman–Crippen MR) is 89.4 cm³/mol. The molecule has 23 heavy (non-hydrogen) atoms. The van der Waals surface area contributed by atoms with E-state index in [-0.39, 0.29) is 24.1 Å². The highest BCUT2D eigenvalue weighted by atomic mass is 32.1. The van der Waals surface area contributed by atoms with Crippen molar-refractivity contribution >= 4 is 27.6 Å². The molecule has 6 nitrogen and oxygen atoms in total. The highest BCUT2D eigenvalue weighted by Crippen LogP contribution is 2.36. The Morgan fingerprint density at radius 1 is 1.39 bits per heavy atom. The van der Waals surface area contributed by atoms with Crippen LogP contribution in [0.15, 0.2) is 23.8 Å². The third-order valence-electron chi connectivity index (χ3n) is 4.20. The molecule has 0 saturated carbocycles. The van der Waals surface area contributed by atoms with Crippen LogP contribution in [0.3, 0.4) is 0 Å². The number of nitrogens with one attached hydrogen (secondary N) is 1. The second-order valence-corrected chi connectivity index (χ2v) is 8.00. The maximum absolute atomic E-state index is 10.6. The lowest BCUT2D eigenvalue weighted by molar-refractivity contribution is -0.939. The molecule has 3 atom stereocenters. The molecule has 3 aromatic heterocycles. The van der Waals surface area contributed by atoms with Crippen LogP contribution in [0.4, 0.5) is 0 Å². The quantitative estimate of drug-likeness (QED) is 0.747. The summed E-state index contributed by atoms with van der Waals surface area (Å²) in [6.45, 7) is 6.06. The molecule has 0 amide bonds. The third kappa shape index (κ3) is 2.65. The number of aromatic nitrogens is 3. The summed E-state index contributed by atoms with van der Waals surface area (Å²) in [5.74, 6) is 0.209. The molecule has 0 unspecified atom stereocenters. The van der Waals surface area contributed by atoms with Crippen LogP contribution in [0.25, 0.3) is 4.96 Å². The molecule has 0 bridgehead atoms. The van der Waals surface area contributed by atoms with Crippen molar-refractivity contribution in [3.8, 4) is 5.88 Å². The van der Waals surface area contributed by atoms with Crippen molar-refractivity contribution in [1.82, 2.24) is 14.6 Å². The Hall–Kier alpha value is -1.48. The molecule has 3 aromatic rings. The first-order valence-corrected chi connectivity index (χ1v) is 9.38. The number of morpholine rings is 1. The zero-order valence-corrected chi connectivity index (χ0v) is 14.6. The van der Waals surface area contributed by atoms with Gasteiger partial charge in [0.1, 0.15) is 36.5 Å². The number of hydrogen-bond donors (Lipinski definition) is 2. The lowest BCUT2D eigenvalue weighted by Gasteiger charge is -2.36. The Kier molecular flexibility index (Phi) is 3.84. The van der Waals surface area contributed by atoms with Gasteiger partial charge < -0.3 is 14.7 Å². The summed E-state index contributed by atoms with van der Waals surface area (Å²) in [5, 5.41) is 16.8. The minimum Gasteiger partial charge on any atom is -0.492 e. The monoisotopic (exact) mass is 351 g/mol. The summed E-state index contributed by atoms with van der Waals surface area (Å²) in [6.07, 6.45) is 1.89. The minimum absolute atomic E-state index is 0.0947. The first-order chi connectivity index (χ1) is 11.1. The van der Waals surface area contributed by atoms with Crippen LogP contribution >= 0.6 is 22.7 Å². The van der Waals surface area contributed by atoms with Crippen LogP contribution in [0.1, 0.15) is 29.6 Å². The van der Waals surface area contributed by atoms with Crippen molar-refractivity contribution in [2.75, 3.05) is 13.1 Å². The molecule has 4 heterocycles. The van der Waals surface area contributed by atoms with Crippen LogP contribution in [0.5, 0.6) is 5.88 Å². The average molecular weight is 351 g/mol. The molecule has 0 aliphatic carbocycles. The fraction of sp³-hybridized carbons (Fsp3) is 0.467. The minimum atomic E-state index is 0.0947. The van der Waals surface area contributed by atoms with Crippen LogP contribution < -0.4 is 4.90 Å². The fourth-order valence-corrected chi connectivity index (χ4v) is 5.48. The lowest BCUT2D eigenvalue weighted by Crippen LogP contribution is -3.15. The van der Waals surface area contributed by atoms with Crippen molar-refractivity contribution in [3.05, 3.63) is 33.6 Å². The Morgan fingerprint density at radius 2 is 2.17 bits per heavy atom. The number of fused-ring (bicyclic) bond motifs is 1. The second kappa shape index (κ2) is 5.86. The summed E-state index contributed by atoms with van der Waals surface area (Å²) < 4.78 is 7.41. The van der Waals surface area contributed by atoms with Crippen LogP contribution in [0, 0.1) is 0 Å². The maximum atomic E-state index is 10.6. The zero-order valence-electron chi connectivity index (χ0n) is 13.0. The van der Waals surface area contributed by atoms with E-state index >= 15 is 0 Å². The normalized spacial score (nSPS) is 26.6. The molecule has 0 spiro atoms. The van der Waals surface area contributed by atoms with Gasteiger partial charge in [0.2, 0.25) is 10.8 Å². The fourth-order valence-electron chi connectivity index (χ4n) is 3.40. The van der Waals surface area contributed by atoms with Crippen molar-refractivity contribution < 1.29 is 14.7 Å². The molecular weight excluding hydrogens is 332 g/mol. The molecule has 122 valence electrons. The van der Waals surface area contributed by atoms with Gasteiger partial charge in [0.05, 0.1) is 4.88 Å². The number of hydrogen-bond acceptors (Lipinski definition) is 6. The molecule has 1 fully saturated rings. The van der Waals surface area contributed by atoms with E-state index in [1.807, 2.05) is 0 Å². The van der Waals surface area contributed by atoms with E-state index in [2.05, 4.69) is 41.4 Å². The van der Waals surface area contributed by atoms with E-state index in [0.29, 0.717) is 0 Å². The van der Waals surface area contributed by atoms with Gasteiger partial charge in [0.15, 0.2) is 6.04 Å². The largest absolute Gasteiger partial charge is 0.492 e. The Morgan fingerprint density at radius 3 is 2.83 bits per heavy atom. The highest BCUT2D eigenvalue weighted by Gasteiger charge is 2.37. The Balaban J connectivity index is 1.79. The van der Waals surface area contributed by atoms with E-state index in [1.165, 1.54) is 32.0 Å². The number of thiazole rings is 1. The molecule has 4 rings (SSSR count). The molecule has 1 aliphatic heterocycles. The van der Waals surface area contributed by atoms with Crippen LogP contribution in [0.2, 0.25) is 0 Å². The van der Waals surface area contributed by atoms with E-state index in [9.17, 15) is 5.11 Å². The number of nitrogens with zero attached hydrogens (tertiary/aromatic N) is 3. The van der Waals surface area contributed by atoms with Gasteiger partial charge >= 0.3 is 0 Å². The van der Waals surface area contributed by atoms with Crippen molar-refractivity contribution in [1.29, 1.82) is 0 Å². The smallest absolute Gasteiger partial charge is 0.235 e. The number of rotatable bonds is 3. The summed E-state index contributed by atoms with van der Waals surface area (Å²) in [7, 11) is 0. The molecule has 0 aromatic carbocycles. The zero-order chi connectivity index (χ0) is 16.0. The van der Waals surface area contributed by atoms with E-state index < -0.39 is 0 Å². The first kappa shape index (κ1) is 15.1. The molecular formula is C15H19N4O2S2+. The molecule has 0 radical (unpaired) electrons. The molecule has 1 saturated heterocycles. The number of aromatic hydroxyl groups is 1. The maximum Gasteiger partial charge on any atom is 0.235 e. The van der Waals surface area contributed by atoms with Gasteiger partial charge in [-0.05, 0) is 25.3 Å². The standard InChI is InChI=1S/C15H18N4O2S2/c1-9-6-18(7-10(2)21-9)12(11-4-3-5-22-11)13-14(20)19-15(23-13)16-8-17-19/h3-5,8-10,12,20H,6-7H2,1-2H3/p+1/t9-,10-,12+/m1/s1. The summed E-state index contributed by atoms with van der Waals surface area (Å²) in [5.41, 5.74) is 0. The SMILES string of the molecule is C[C@@H]1C[NH+]([C@@H](c2cccs2)c2sc3ncnn3c2O)C[C@@H](C)O1. The first-order valence-electron chi connectivity index (χ1n) is 7.68. The van der Waals surface area contributed by atoms with Crippen molar-refractivity contribution in [2.45, 2.75) is 32.1 Å². The topological polar surface area (TPSA) is 64.1 Å². The second-order valence-electron chi connectivity index (χ2n) is 6.02. The van der Waals surface area contributed by atoms with Gasteiger partial charge in [0.25, 0.3) is 0 Å². The molecule has 8 heteroatoms. The Labute approximate surface area is 142 Å². The predicted octanol–water partition coefficient (Wildman–Crippen LogP) is 1.34. The van der Waals surface area contributed by atoms with E-state index in [1.54, 1.807) is 11.3 Å². The van der Waals surface area contributed by atoms with Crippen molar-refractivity contribution in [2.24, 2.45) is 0 Å². The van der Waals surface area contributed by atoms with Crippen LogP contribution in [-0.4, -0.2) is 45.0 Å². The molecule has 1 aliphatic rings. The van der Waals surface area contributed by atoms with Gasteiger partial charge in [-0.15, -0.1) is 11.3 Å². The summed E-state index contributed by atoms with van der Waals surface area (Å²) >= 11 is 3.24. The summed E-state index contributed by atoms with van der Waals surface area (Å²) in [4.78, 5) is 8.54. The van der Waals surface area contributed by atoms with Gasteiger partial charge in [0, 0.05) is 0 Å².